The number of aromatic nitrogens is 3. The molecule has 0 atom stereocenters. The highest BCUT2D eigenvalue weighted by Gasteiger charge is 2.18. The van der Waals surface area contributed by atoms with E-state index >= 15 is 0 Å². The lowest BCUT2D eigenvalue weighted by molar-refractivity contribution is 0.507. The lowest BCUT2D eigenvalue weighted by atomic mass is 10.1. The molecule has 0 spiro atoms. The summed E-state index contributed by atoms with van der Waals surface area (Å²) in [5, 5.41) is 8.88. The quantitative estimate of drug-likeness (QED) is 0.488. The zero-order chi connectivity index (χ0) is 19.7. The van der Waals surface area contributed by atoms with Crippen molar-refractivity contribution in [2.24, 2.45) is 7.05 Å². The largest absolute Gasteiger partial charge is 0.363 e. The van der Waals surface area contributed by atoms with Gasteiger partial charge in [-0.15, -0.1) is 11.3 Å². The highest BCUT2D eigenvalue weighted by atomic mass is 32.1. The predicted octanol–water partition coefficient (Wildman–Crippen LogP) is 5.72. The van der Waals surface area contributed by atoms with E-state index in [1.54, 1.807) is 17.4 Å². The maximum Gasteiger partial charge on any atom is 0.166 e. The number of nitrogens with zero attached hydrogens (tertiary/aromatic N) is 3. The second kappa shape index (κ2) is 7.60. The molecule has 0 bridgehead atoms. The molecule has 3 aromatic heterocycles. The maximum atomic E-state index is 13.4. The molecule has 0 saturated heterocycles. The highest BCUT2D eigenvalue weighted by Crippen LogP contribution is 2.38. The lowest BCUT2D eigenvalue weighted by Gasteiger charge is -2.04. The molecule has 0 fully saturated rings. The van der Waals surface area contributed by atoms with Crippen LogP contribution in [0.1, 0.15) is 30.7 Å². The zero-order valence-corrected chi connectivity index (χ0v) is 16.8. The van der Waals surface area contributed by atoms with E-state index in [1.807, 2.05) is 32.5 Å². The second-order valence-electron chi connectivity index (χ2n) is 6.11. The Bertz CT molecular complexity index is 1110. The number of halogens is 2. The molecular weight excluding hydrogens is 366 g/mol. The van der Waals surface area contributed by atoms with Crippen molar-refractivity contribution in [1.82, 2.24) is 14.8 Å². The molecule has 7 heteroatoms. The number of nitrogens with one attached hydrogen (secondary N) is 1. The van der Waals surface area contributed by atoms with E-state index in [1.165, 1.54) is 11.6 Å². The predicted molar refractivity (Wildman–Crippen MR) is 108 cm³/mol. The Morgan fingerprint density at radius 2 is 1.85 bits per heavy atom. The van der Waals surface area contributed by atoms with Crippen LogP contribution < -0.4 is 5.32 Å². The molecular formula is C20H22F2N4S. The summed E-state index contributed by atoms with van der Waals surface area (Å²) in [6.07, 6.45) is 0. The van der Waals surface area contributed by atoms with Crippen LogP contribution >= 0.6 is 11.3 Å². The van der Waals surface area contributed by atoms with Crippen LogP contribution in [0.25, 0.3) is 20.4 Å². The third-order valence-electron chi connectivity index (χ3n) is 4.19. The molecule has 27 heavy (non-hydrogen) atoms. The van der Waals surface area contributed by atoms with Crippen molar-refractivity contribution in [1.29, 1.82) is 0 Å². The normalized spacial score (nSPS) is 10.9. The number of hydrogen-bond acceptors (Lipinski definition) is 4. The number of benzene rings is 1. The van der Waals surface area contributed by atoms with Crippen LogP contribution in [-0.4, -0.2) is 14.8 Å². The molecule has 1 N–H and O–H groups in total. The number of pyridine rings is 1. The average Bonchev–Trinajstić information content (AvgIpc) is 3.15. The Morgan fingerprint density at radius 1 is 1.11 bits per heavy atom. The van der Waals surface area contributed by atoms with E-state index < -0.39 is 11.6 Å². The molecule has 0 aliphatic rings. The molecule has 0 saturated carbocycles. The first-order chi connectivity index (χ1) is 12.9. The van der Waals surface area contributed by atoms with Crippen molar-refractivity contribution in [3.8, 4) is 0 Å². The van der Waals surface area contributed by atoms with E-state index in [9.17, 15) is 8.78 Å². The van der Waals surface area contributed by atoms with Crippen LogP contribution in [0.3, 0.4) is 0 Å². The van der Waals surface area contributed by atoms with Gasteiger partial charge in [-0.1, -0.05) is 19.9 Å². The minimum Gasteiger partial charge on any atom is -0.363 e. The smallest absolute Gasteiger partial charge is 0.166 e. The maximum absolute atomic E-state index is 13.4. The molecule has 0 amide bonds. The van der Waals surface area contributed by atoms with Gasteiger partial charge in [-0.2, -0.15) is 5.10 Å². The molecule has 3 heterocycles. The first kappa shape index (κ1) is 19.2. The van der Waals surface area contributed by atoms with Crippen LogP contribution in [0.5, 0.6) is 0 Å². The standard InChI is InChI=1S/C18H16F2N4S.C2H6/c1-9-6-10(2)22-18-14(9)15-16(25-18)17(23-24(15)3)21-8-11-4-5-12(19)13(20)7-11;1-2/h4-7H,8H2,1-3H3,(H,21,23);1-2H3. The monoisotopic (exact) mass is 388 g/mol. The van der Waals surface area contributed by atoms with E-state index in [0.29, 0.717) is 12.1 Å². The Labute approximate surface area is 160 Å². The van der Waals surface area contributed by atoms with Gasteiger partial charge in [0.1, 0.15) is 4.83 Å². The van der Waals surface area contributed by atoms with E-state index in [0.717, 1.165) is 38.0 Å². The average molecular weight is 388 g/mol. The molecule has 0 radical (unpaired) electrons. The fraction of sp³-hybridized carbons (Fsp3) is 0.300. The Kier molecular flexibility index (Phi) is 5.41. The number of rotatable bonds is 3. The van der Waals surface area contributed by atoms with Crippen molar-refractivity contribution >= 4 is 37.6 Å². The van der Waals surface area contributed by atoms with Crippen LogP contribution in [0.2, 0.25) is 0 Å². The van der Waals surface area contributed by atoms with Gasteiger partial charge in [-0.05, 0) is 43.2 Å². The second-order valence-corrected chi connectivity index (χ2v) is 7.11. The van der Waals surface area contributed by atoms with Crippen molar-refractivity contribution in [2.45, 2.75) is 34.2 Å². The number of hydrogen-bond donors (Lipinski definition) is 1. The van der Waals surface area contributed by atoms with Crippen molar-refractivity contribution in [2.75, 3.05) is 5.32 Å². The minimum atomic E-state index is -0.845. The van der Waals surface area contributed by atoms with E-state index in [4.69, 9.17) is 0 Å². The van der Waals surface area contributed by atoms with Crippen molar-refractivity contribution in [3.63, 3.8) is 0 Å². The topological polar surface area (TPSA) is 42.7 Å². The Balaban J connectivity index is 0.00000102. The summed E-state index contributed by atoms with van der Waals surface area (Å²) in [6, 6.07) is 5.96. The van der Waals surface area contributed by atoms with Gasteiger partial charge in [0.15, 0.2) is 17.5 Å². The number of thiophene rings is 1. The zero-order valence-electron chi connectivity index (χ0n) is 16.0. The first-order valence-electron chi connectivity index (χ1n) is 8.85. The fourth-order valence-corrected chi connectivity index (χ4v) is 4.37. The summed E-state index contributed by atoms with van der Waals surface area (Å²) < 4.78 is 29.3. The number of aryl methyl sites for hydroxylation is 3. The van der Waals surface area contributed by atoms with Crippen LogP contribution in [-0.2, 0) is 13.6 Å². The van der Waals surface area contributed by atoms with Gasteiger partial charge in [0, 0.05) is 24.7 Å². The van der Waals surface area contributed by atoms with Crippen molar-refractivity contribution < 1.29 is 8.78 Å². The molecule has 0 aliphatic heterocycles. The third kappa shape index (κ3) is 3.51. The van der Waals surface area contributed by atoms with Crippen molar-refractivity contribution in [3.05, 3.63) is 52.7 Å². The molecule has 1 aromatic carbocycles. The minimum absolute atomic E-state index is 0.364. The van der Waals surface area contributed by atoms with Crippen LogP contribution in [0, 0.1) is 25.5 Å². The lowest BCUT2D eigenvalue weighted by Crippen LogP contribution is -2.02. The summed E-state index contributed by atoms with van der Waals surface area (Å²) in [5.74, 6) is -0.963. The Morgan fingerprint density at radius 3 is 2.56 bits per heavy atom. The van der Waals surface area contributed by atoms with E-state index in [2.05, 4.69) is 28.4 Å². The Hall–Kier alpha value is -2.54. The van der Waals surface area contributed by atoms with Gasteiger partial charge in [0.05, 0.1) is 10.2 Å². The molecule has 142 valence electrons. The van der Waals surface area contributed by atoms with Crippen LogP contribution in [0.15, 0.2) is 24.3 Å². The van der Waals surface area contributed by atoms with Gasteiger partial charge < -0.3 is 5.32 Å². The van der Waals surface area contributed by atoms with E-state index in [-0.39, 0.29) is 0 Å². The molecule has 0 unspecified atom stereocenters. The SMILES string of the molecule is CC.Cc1cc(C)c2c(n1)sc1c(NCc3ccc(F)c(F)c3)nn(C)c12. The van der Waals surface area contributed by atoms with Gasteiger partial charge >= 0.3 is 0 Å². The summed E-state index contributed by atoms with van der Waals surface area (Å²) in [7, 11) is 1.90. The number of anilines is 1. The summed E-state index contributed by atoms with van der Waals surface area (Å²) in [4.78, 5) is 5.61. The van der Waals surface area contributed by atoms with Gasteiger partial charge in [0.2, 0.25) is 0 Å². The number of fused-ring (bicyclic) bond motifs is 3. The van der Waals surface area contributed by atoms with Gasteiger partial charge in [-0.25, -0.2) is 13.8 Å². The first-order valence-corrected chi connectivity index (χ1v) is 9.67. The summed E-state index contributed by atoms with van der Waals surface area (Å²) in [5.41, 5.74) is 3.85. The fourth-order valence-electron chi connectivity index (χ4n) is 3.09. The molecule has 4 nitrogen and oxygen atoms in total. The van der Waals surface area contributed by atoms with Gasteiger partial charge in [-0.3, -0.25) is 4.68 Å². The van der Waals surface area contributed by atoms with Crippen LogP contribution in [0.4, 0.5) is 14.6 Å². The molecule has 4 rings (SSSR count). The molecule has 0 aliphatic carbocycles. The molecule has 4 aromatic rings. The third-order valence-corrected chi connectivity index (χ3v) is 5.27. The summed E-state index contributed by atoms with van der Waals surface area (Å²) in [6.45, 7) is 8.42. The summed E-state index contributed by atoms with van der Waals surface area (Å²) >= 11 is 1.59. The highest BCUT2D eigenvalue weighted by molar-refractivity contribution is 7.26. The van der Waals surface area contributed by atoms with Gasteiger partial charge in [0.25, 0.3) is 0 Å².